The van der Waals surface area contributed by atoms with Gasteiger partial charge in [0.15, 0.2) is 0 Å². The summed E-state index contributed by atoms with van der Waals surface area (Å²) in [5.41, 5.74) is 1.22. The normalized spacial score (nSPS) is 16.9. The van der Waals surface area contributed by atoms with E-state index in [4.69, 9.17) is 4.74 Å². The van der Waals surface area contributed by atoms with E-state index in [1.165, 1.54) is 25.7 Å². The van der Waals surface area contributed by atoms with Crippen LogP contribution in [0.4, 0.5) is 0 Å². The lowest BCUT2D eigenvalue weighted by molar-refractivity contribution is 0.0694. The number of carbonyl (C=O) groups is 1. The molecule has 4 nitrogen and oxygen atoms in total. The van der Waals surface area contributed by atoms with Crippen LogP contribution in [0.5, 0.6) is 5.75 Å². The highest BCUT2D eigenvalue weighted by Gasteiger charge is 2.15. The SMILES string of the molecule is COc1ccc(CN2CCCCCC2)c(C(=O)O)c1. The second-order valence-electron chi connectivity index (χ2n) is 5.02. The maximum absolute atomic E-state index is 11.3. The van der Waals surface area contributed by atoms with Crippen molar-refractivity contribution in [2.75, 3.05) is 20.2 Å². The molecule has 1 saturated heterocycles. The lowest BCUT2D eigenvalue weighted by Gasteiger charge is -2.21. The van der Waals surface area contributed by atoms with E-state index in [0.717, 1.165) is 18.7 Å². The van der Waals surface area contributed by atoms with E-state index in [-0.39, 0.29) is 0 Å². The first-order chi connectivity index (χ1) is 9.20. The zero-order valence-corrected chi connectivity index (χ0v) is 11.4. The Balaban J connectivity index is 2.16. The van der Waals surface area contributed by atoms with Crippen LogP contribution in [-0.2, 0) is 6.54 Å². The number of rotatable bonds is 4. The van der Waals surface area contributed by atoms with Gasteiger partial charge in [0, 0.05) is 6.54 Å². The first-order valence-corrected chi connectivity index (χ1v) is 6.83. The Bertz CT molecular complexity index is 437. The summed E-state index contributed by atoms with van der Waals surface area (Å²) in [4.78, 5) is 13.7. The van der Waals surface area contributed by atoms with E-state index < -0.39 is 5.97 Å². The average Bonchev–Trinajstić information content (AvgIpc) is 2.67. The van der Waals surface area contributed by atoms with Gasteiger partial charge in [-0.1, -0.05) is 18.9 Å². The standard InChI is InChI=1S/C15H21NO3/c1-19-13-7-6-12(14(10-13)15(17)18)11-16-8-4-2-3-5-9-16/h6-7,10H,2-5,8-9,11H2,1H3,(H,17,18). The lowest BCUT2D eigenvalue weighted by Crippen LogP contribution is -2.25. The maximum Gasteiger partial charge on any atom is 0.336 e. The highest BCUT2D eigenvalue weighted by molar-refractivity contribution is 5.89. The monoisotopic (exact) mass is 263 g/mol. The molecule has 1 fully saturated rings. The van der Waals surface area contributed by atoms with Crippen molar-refractivity contribution >= 4 is 5.97 Å². The second kappa shape index (κ2) is 6.57. The number of likely N-dealkylation sites (tertiary alicyclic amines) is 1. The van der Waals surface area contributed by atoms with Crippen LogP contribution in [0.3, 0.4) is 0 Å². The maximum atomic E-state index is 11.3. The molecule has 1 heterocycles. The van der Waals surface area contributed by atoms with Gasteiger partial charge in [0.1, 0.15) is 5.75 Å². The van der Waals surface area contributed by atoms with Gasteiger partial charge in [0.05, 0.1) is 12.7 Å². The van der Waals surface area contributed by atoms with Crippen molar-refractivity contribution in [3.05, 3.63) is 29.3 Å². The molecule has 1 N–H and O–H groups in total. The van der Waals surface area contributed by atoms with Crippen LogP contribution in [-0.4, -0.2) is 36.2 Å². The fraction of sp³-hybridized carbons (Fsp3) is 0.533. The fourth-order valence-corrected chi connectivity index (χ4v) is 2.55. The third-order valence-electron chi connectivity index (χ3n) is 3.64. The molecule has 0 amide bonds. The third-order valence-corrected chi connectivity index (χ3v) is 3.64. The van der Waals surface area contributed by atoms with Gasteiger partial charge in [0.2, 0.25) is 0 Å². The van der Waals surface area contributed by atoms with Crippen molar-refractivity contribution in [2.45, 2.75) is 32.2 Å². The summed E-state index contributed by atoms with van der Waals surface area (Å²) in [7, 11) is 1.55. The Hall–Kier alpha value is -1.55. The Morgan fingerprint density at radius 3 is 2.53 bits per heavy atom. The van der Waals surface area contributed by atoms with Gasteiger partial charge in [-0.25, -0.2) is 4.79 Å². The van der Waals surface area contributed by atoms with Gasteiger partial charge >= 0.3 is 5.97 Å². The molecule has 1 aromatic rings. The largest absolute Gasteiger partial charge is 0.497 e. The molecule has 1 aliphatic rings. The Morgan fingerprint density at radius 1 is 1.26 bits per heavy atom. The molecule has 0 saturated carbocycles. The number of hydrogen-bond acceptors (Lipinski definition) is 3. The first kappa shape index (κ1) is 13.9. The van der Waals surface area contributed by atoms with Crippen molar-refractivity contribution in [3.8, 4) is 5.75 Å². The number of methoxy groups -OCH3 is 1. The minimum absolute atomic E-state index is 0.351. The molecular weight excluding hydrogens is 242 g/mol. The summed E-state index contributed by atoms with van der Waals surface area (Å²) < 4.78 is 5.09. The van der Waals surface area contributed by atoms with E-state index in [9.17, 15) is 9.90 Å². The number of hydrogen-bond donors (Lipinski definition) is 1. The molecule has 0 radical (unpaired) electrons. The van der Waals surface area contributed by atoms with Crippen molar-refractivity contribution in [2.24, 2.45) is 0 Å². The smallest absolute Gasteiger partial charge is 0.336 e. The molecule has 0 bridgehead atoms. The summed E-state index contributed by atoms with van der Waals surface area (Å²) in [5, 5.41) is 9.30. The minimum Gasteiger partial charge on any atom is -0.497 e. The van der Waals surface area contributed by atoms with Crippen LogP contribution in [0.15, 0.2) is 18.2 Å². The predicted molar refractivity (Wildman–Crippen MR) is 73.7 cm³/mol. The number of aromatic carboxylic acids is 1. The van der Waals surface area contributed by atoms with Crippen LogP contribution in [0, 0.1) is 0 Å². The van der Waals surface area contributed by atoms with E-state index >= 15 is 0 Å². The van der Waals surface area contributed by atoms with Gasteiger partial charge in [-0.05, 0) is 43.6 Å². The van der Waals surface area contributed by atoms with Crippen molar-refractivity contribution in [1.82, 2.24) is 4.90 Å². The van der Waals surface area contributed by atoms with Gasteiger partial charge < -0.3 is 9.84 Å². The van der Waals surface area contributed by atoms with Crippen molar-refractivity contribution in [3.63, 3.8) is 0 Å². The number of ether oxygens (including phenoxy) is 1. The second-order valence-corrected chi connectivity index (χ2v) is 5.02. The summed E-state index contributed by atoms with van der Waals surface area (Å²) in [6.07, 6.45) is 4.98. The molecule has 4 heteroatoms. The zero-order chi connectivity index (χ0) is 13.7. The molecule has 19 heavy (non-hydrogen) atoms. The minimum atomic E-state index is -0.885. The van der Waals surface area contributed by atoms with Crippen LogP contribution in [0.25, 0.3) is 0 Å². The quantitative estimate of drug-likeness (QED) is 0.907. The first-order valence-electron chi connectivity index (χ1n) is 6.83. The van der Waals surface area contributed by atoms with Crippen LogP contribution in [0.1, 0.15) is 41.6 Å². The van der Waals surface area contributed by atoms with Crippen LogP contribution < -0.4 is 4.74 Å². The topological polar surface area (TPSA) is 49.8 Å². The van der Waals surface area contributed by atoms with E-state index in [1.54, 1.807) is 13.2 Å². The molecule has 1 aromatic carbocycles. The molecule has 0 aromatic heterocycles. The molecular formula is C15H21NO3. The summed E-state index contributed by atoms with van der Waals surface area (Å²) in [5.74, 6) is -0.291. The zero-order valence-electron chi connectivity index (χ0n) is 11.4. The highest BCUT2D eigenvalue weighted by Crippen LogP contribution is 2.21. The molecule has 0 unspecified atom stereocenters. The Kier molecular flexibility index (Phi) is 4.80. The van der Waals surface area contributed by atoms with E-state index in [1.807, 2.05) is 12.1 Å². The van der Waals surface area contributed by atoms with Gasteiger partial charge in [-0.2, -0.15) is 0 Å². The number of carboxylic acids is 1. The Labute approximate surface area is 114 Å². The summed E-state index contributed by atoms with van der Waals surface area (Å²) in [6.45, 7) is 2.84. The molecule has 1 aliphatic heterocycles. The van der Waals surface area contributed by atoms with E-state index in [0.29, 0.717) is 17.9 Å². The fourth-order valence-electron chi connectivity index (χ4n) is 2.55. The van der Waals surface area contributed by atoms with Gasteiger partial charge in [0.25, 0.3) is 0 Å². The number of carboxylic acid groups (broad SMARTS) is 1. The van der Waals surface area contributed by atoms with Gasteiger partial charge in [-0.3, -0.25) is 4.90 Å². The molecule has 0 aliphatic carbocycles. The average molecular weight is 263 g/mol. The lowest BCUT2D eigenvalue weighted by atomic mass is 10.1. The Morgan fingerprint density at radius 2 is 1.95 bits per heavy atom. The van der Waals surface area contributed by atoms with Crippen LogP contribution in [0.2, 0.25) is 0 Å². The molecule has 104 valence electrons. The van der Waals surface area contributed by atoms with Crippen molar-refractivity contribution < 1.29 is 14.6 Å². The van der Waals surface area contributed by atoms with Gasteiger partial charge in [-0.15, -0.1) is 0 Å². The molecule has 0 spiro atoms. The predicted octanol–water partition coefficient (Wildman–Crippen LogP) is 2.77. The summed E-state index contributed by atoms with van der Waals surface area (Å²) >= 11 is 0. The van der Waals surface area contributed by atoms with Crippen molar-refractivity contribution in [1.29, 1.82) is 0 Å². The molecule has 2 rings (SSSR count). The van der Waals surface area contributed by atoms with E-state index in [2.05, 4.69) is 4.90 Å². The molecule has 0 atom stereocenters. The van der Waals surface area contributed by atoms with Crippen LogP contribution >= 0.6 is 0 Å². The number of nitrogens with zero attached hydrogens (tertiary/aromatic N) is 1. The highest BCUT2D eigenvalue weighted by atomic mass is 16.5. The summed E-state index contributed by atoms with van der Waals surface area (Å²) in [6, 6.07) is 5.31. The number of benzene rings is 1. The third kappa shape index (κ3) is 3.70.